The van der Waals surface area contributed by atoms with Crippen LogP contribution in [0.1, 0.15) is 25.6 Å². The van der Waals surface area contributed by atoms with E-state index in [0.29, 0.717) is 13.1 Å². The van der Waals surface area contributed by atoms with Crippen LogP contribution in [0.4, 0.5) is 4.39 Å². The summed E-state index contributed by atoms with van der Waals surface area (Å²) < 4.78 is 21.3. The van der Waals surface area contributed by atoms with Crippen molar-refractivity contribution in [3.63, 3.8) is 0 Å². The van der Waals surface area contributed by atoms with Gasteiger partial charge < -0.3 is 9.30 Å². The Labute approximate surface area is 135 Å². The van der Waals surface area contributed by atoms with Crippen LogP contribution < -0.4 is 0 Å². The van der Waals surface area contributed by atoms with Gasteiger partial charge in [0.15, 0.2) is 0 Å². The SMILES string of the molecule is CCCn1c(CN2CCC(F)(C(=O)OC)C2)nc2ccccc21. The number of ether oxygens (including phenoxy) is 1. The number of hydrogen-bond donors (Lipinski definition) is 0. The van der Waals surface area contributed by atoms with E-state index >= 15 is 0 Å². The Morgan fingerprint density at radius 3 is 2.96 bits per heavy atom. The smallest absolute Gasteiger partial charge is 0.345 e. The molecule has 0 bridgehead atoms. The highest BCUT2D eigenvalue weighted by molar-refractivity contribution is 5.80. The Morgan fingerprint density at radius 2 is 2.22 bits per heavy atom. The van der Waals surface area contributed by atoms with Crippen LogP contribution in [0.25, 0.3) is 11.0 Å². The summed E-state index contributed by atoms with van der Waals surface area (Å²) in [5.41, 5.74) is 0.161. The molecule has 2 heterocycles. The Kier molecular flexibility index (Phi) is 4.35. The van der Waals surface area contributed by atoms with Crippen LogP contribution in [0.5, 0.6) is 0 Å². The summed E-state index contributed by atoms with van der Waals surface area (Å²) >= 11 is 0. The molecular formula is C17H22FN3O2. The summed E-state index contributed by atoms with van der Waals surface area (Å²) in [5, 5.41) is 0. The number of aromatic nitrogens is 2. The van der Waals surface area contributed by atoms with Crippen LogP contribution >= 0.6 is 0 Å². The third-order valence-electron chi connectivity index (χ3n) is 4.40. The minimum atomic E-state index is -1.89. The molecule has 3 rings (SSSR count). The van der Waals surface area contributed by atoms with Crippen molar-refractivity contribution in [3.05, 3.63) is 30.1 Å². The zero-order chi connectivity index (χ0) is 16.4. The molecule has 2 aromatic rings. The molecular weight excluding hydrogens is 297 g/mol. The van der Waals surface area contributed by atoms with Crippen LogP contribution in [0, 0.1) is 0 Å². The molecule has 1 unspecified atom stereocenters. The van der Waals surface area contributed by atoms with E-state index in [1.54, 1.807) is 0 Å². The van der Waals surface area contributed by atoms with Crippen LogP contribution in [-0.2, 0) is 22.6 Å². The molecule has 23 heavy (non-hydrogen) atoms. The molecule has 1 aliphatic rings. The number of benzene rings is 1. The van der Waals surface area contributed by atoms with Gasteiger partial charge in [-0.3, -0.25) is 4.90 Å². The molecule has 1 atom stereocenters. The lowest BCUT2D eigenvalue weighted by Gasteiger charge is -2.19. The molecule has 1 fully saturated rings. The molecule has 124 valence electrons. The fourth-order valence-corrected chi connectivity index (χ4v) is 3.25. The number of alkyl halides is 1. The molecule has 0 saturated carbocycles. The second-order valence-electron chi connectivity index (χ2n) is 6.09. The second kappa shape index (κ2) is 6.28. The molecule has 1 aromatic carbocycles. The number of hydrogen-bond acceptors (Lipinski definition) is 4. The number of rotatable bonds is 5. The van der Waals surface area contributed by atoms with Gasteiger partial charge >= 0.3 is 5.97 Å². The topological polar surface area (TPSA) is 47.4 Å². The van der Waals surface area contributed by atoms with E-state index in [9.17, 15) is 9.18 Å². The molecule has 0 amide bonds. The number of nitrogens with zero attached hydrogens (tertiary/aromatic N) is 3. The zero-order valence-corrected chi connectivity index (χ0v) is 13.6. The van der Waals surface area contributed by atoms with Crippen LogP contribution in [0.3, 0.4) is 0 Å². The summed E-state index contributed by atoms with van der Waals surface area (Å²) in [7, 11) is 1.23. The highest BCUT2D eigenvalue weighted by Crippen LogP contribution is 2.28. The quantitative estimate of drug-likeness (QED) is 0.795. The van der Waals surface area contributed by atoms with E-state index in [2.05, 4.69) is 22.3 Å². The third-order valence-corrected chi connectivity index (χ3v) is 4.40. The largest absolute Gasteiger partial charge is 0.467 e. The predicted octanol–water partition coefficient (Wildman–Crippen LogP) is 2.53. The van der Waals surface area contributed by atoms with Gasteiger partial charge in [0.25, 0.3) is 0 Å². The van der Waals surface area contributed by atoms with Gasteiger partial charge in [-0.25, -0.2) is 14.2 Å². The summed E-state index contributed by atoms with van der Waals surface area (Å²) in [6.07, 6.45) is 1.18. The first-order chi connectivity index (χ1) is 11.1. The fraction of sp³-hybridized carbons (Fsp3) is 0.529. The molecule has 0 N–H and O–H groups in total. The number of carbonyl (C=O) groups excluding carboxylic acids is 1. The maximum atomic E-state index is 14.6. The molecule has 6 heteroatoms. The second-order valence-corrected chi connectivity index (χ2v) is 6.09. The van der Waals surface area contributed by atoms with E-state index in [-0.39, 0.29) is 13.0 Å². The minimum Gasteiger partial charge on any atom is -0.467 e. The standard InChI is InChI=1S/C17H22FN3O2/c1-3-9-21-14-7-5-4-6-13(14)19-15(21)11-20-10-8-17(18,12-20)16(22)23-2/h4-7H,3,8-12H2,1-2H3. The van der Waals surface area contributed by atoms with Crippen molar-refractivity contribution in [1.82, 2.24) is 14.5 Å². The van der Waals surface area contributed by atoms with Gasteiger partial charge in [0.2, 0.25) is 5.67 Å². The van der Waals surface area contributed by atoms with E-state index < -0.39 is 11.6 Å². The lowest BCUT2D eigenvalue weighted by Crippen LogP contribution is -2.38. The summed E-state index contributed by atoms with van der Waals surface area (Å²) in [6.45, 7) is 4.13. The minimum absolute atomic E-state index is 0.0645. The Bertz CT molecular complexity index is 715. The van der Waals surface area contributed by atoms with E-state index in [0.717, 1.165) is 29.8 Å². The lowest BCUT2D eigenvalue weighted by atomic mass is 10.1. The number of imidazole rings is 1. The normalized spacial score (nSPS) is 21.9. The Hall–Kier alpha value is -1.95. The van der Waals surface area contributed by atoms with Crippen molar-refractivity contribution in [3.8, 4) is 0 Å². The van der Waals surface area contributed by atoms with Gasteiger partial charge in [0.1, 0.15) is 5.82 Å². The number of likely N-dealkylation sites (tertiary alicyclic amines) is 1. The molecule has 0 radical (unpaired) electrons. The van der Waals surface area contributed by atoms with Crippen LogP contribution in [0.2, 0.25) is 0 Å². The van der Waals surface area contributed by atoms with Crippen molar-refractivity contribution < 1.29 is 13.9 Å². The number of carbonyl (C=O) groups is 1. The number of para-hydroxylation sites is 2. The fourth-order valence-electron chi connectivity index (χ4n) is 3.25. The van der Waals surface area contributed by atoms with Crippen LogP contribution in [-0.4, -0.2) is 46.3 Å². The highest BCUT2D eigenvalue weighted by atomic mass is 19.1. The monoisotopic (exact) mass is 319 g/mol. The van der Waals surface area contributed by atoms with Gasteiger partial charge in [-0.1, -0.05) is 19.1 Å². The maximum Gasteiger partial charge on any atom is 0.345 e. The average molecular weight is 319 g/mol. The van der Waals surface area contributed by atoms with E-state index in [1.807, 2.05) is 23.1 Å². The molecule has 0 spiro atoms. The first-order valence-corrected chi connectivity index (χ1v) is 8.01. The summed E-state index contributed by atoms with van der Waals surface area (Å²) in [4.78, 5) is 18.2. The molecule has 1 aliphatic heterocycles. The zero-order valence-electron chi connectivity index (χ0n) is 13.6. The summed E-state index contributed by atoms with van der Waals surface area (Å²) in [5.74, 6) is 0.143. The van der Waals surface area contributed by atoms with E-state index in [1.165, 1.54) is 7.11 Å². The molecule has 1 aromatic heterocycles. The van der Waals surface area contributed by atoms with E-state index in [4.69, 9.17) is 4.98 Å². The molecule has 1 saturated heterocycles. The van der Waals surface area contributed by atoms with Crippen LogP contribution in [0.15, 0.2) is 24.3 Å². The number of halogens is 1. The number of esters is 1. The molecule has 0 aliphatic carbocycles. The van der Waals surface area contributed by atoms with Gasteiger partial charge in [-0.2, -0.15) is 0 Å². The Morgan fingerprint density at radius 1 is 1.43 bits per heavy atom. The third kappa shape index (κ3) is 2.95. The maximum absolute atomic E-state index is 14.6. The lowest BCUT2D eigenvalue weighted by molar-refractivity contribution is -0.153. The first kappa shape index (κ1) is 15.9. The van der Waals surface area contributed by atoms with Crippen molar-refractivity contribution in [2.45, 2.75) is 38.5 Å². The molecule has 5 nitrogen and oxygen atoms in total. The number of aryl methyl sites for hydroxylation is 1. The predicted molar refractivity (Wildman–Crippen MR) is 85.8 cm³/mol. The summed E-state index contributed by atoms with van der Waals surface area (Å²) in [6, 6.07) is 8.01. The van der Waals surface area contributed by atoms with Gasteiger partial charge in [0, 0.05) is 26.1 Å². The van der Waals surface area contributed by atoms with Gasteiger partial charge in [-0.15, -0.1) is 0 Å². The highest BCUT2D eigenvalue weighted by Gasteiger charge is 2.46. The average Bonchev–Trinajstić information content (AvgIpc) is 3.10. The van der Waals surface area contributed by atoms with Gasteiger partial charge in [-0.05, 0) is 18.6 Å². The van der Waals surface area contributed by atoms with Gasteiger partial charge in [0.05, 0.1) is 24.7 Å². The number of fused-ring (bicyclic) bond motifs is 1. The number of methoxy groups -OCH3 is 1. The van der Waals surface area contributed by atoms with Crippen molar-refractivity contribution in [2.24, 2.45) is 0 Å². The van der Waals surface area contributed by atoms with Crippen molar-refractivity contribution in [2.75, 3.05) is 20.2 Å². The van der Waals surface area contributed by atoms with Crippen molar-refractivity contribution >= 4 is 17.0 Å². The Balaban J connectivity index is 1.82. The van der Waals surface area contributed by atoms with Crippen molar-refractivity contribution in [1.29, 1.82) is 0 Å². The first-order valence-electron chi connectivity index (χ1n) is 8.01.